The largest absolute Gasteiger partial charge is 0.504 e. The minimum Gasteiger partial charge on any atom is -0.504 e. The first-order valence-electron chi connectivity index (χ1n) is 17.5. The number of aryl methyl sites for hydroxylation is 1. The lowest BCUT2D eigenvalue weighted by atomic mass is 9.61. The van der Waals surface area contributed by atoms with Gasteiger partial charge in [-0.25, -0.2) is 4.98 Å². The van der Waals surface area contributed by atoms with Gasteiger partial charge in [-0.3, -0.25) is 0 Å². The second-order valence-electron chi connectivity index (χ2n) is 13.8. The number of aromatic hydroxyl groups is 1. The molecule has 2 fully saturated rings. The van der Waals surface area contributed by atoms with Crippen molar-refractivity contribution in [3.05, 3.63) is 71.7 Å². The van der Waals surface area contributed by atoms with Crippen LogP contribution in [-0.2, 0) is 11.8 Å². The van der Waals surface area contributed by atoms with Crippen LogP contribution in [0, 0.1) is 11.8 Å². The third kappa shape index (κ3) is 8.62. The molecule has 0 spiro atoms. The number of nitrogens with one attached hydrogen (secondary N) is 1. The number of aliphatic hydroxyl groups is 2. The number of nitrogens with zero attached hydrogens (tertiary/aromatic N) is 1. The van der Waals surface area contributed by atoms with E-state index in [9.17, 15) is 15.3 Å². The van der Waals surface area contributed by atoms with Gasteiger partial charge in [-0.1, -0.05) is 57.9 Å². The number of anilines is 1. The lowest BCUT2D eigenvalue weighted by Crippen LogP contribution is -2.37. The fourth-order valence-corrected chi connectivity index (χ4v) is 8.31. The molecule has 0 bridgehead atoms. The smallest absolute Gasteiger partial charge is 0.161 e. The van der Waals surface area contributed by atoms with E-state index in [2.05, 4.69) is 35.1 Å². The number of phenols is 1. The summed E-state index contributed by atoms with van der Waals surface area (Å²) in [7, 11) is 0. The average Bonchev–Trinajstić information content (AvgIpc) is 3.49. The van der Waals surface area contributed by atoms with Gasteiger partial charge in [-0.2, -0.15) is 0 Å². The van der Waals surface area contributed by atoms with Gasteiger partial charge in [0.1, 0.15) is 5.82 Å². The van der Waals surface area contributed by atoms with Crippen LogP contribution in [0.25, 0.3) is 0 Å². The Labute approximate surface area is 269 Å². The van der Waals surface area contributed by atoms with E-state index in [0.29, 0.717) is 43.4 Å². The molecule has 5 atom stereocenters. The maximum Gasteiger partial charge on any atom is 0.161 e. The lowest BCUT2D eigenvalue weighted by Gasteiger charge is -2.44. The van der Waals surface area contributed by atoms with Gasteiger partial charge in [0.25, 0.3) is 0 Å². The lowest BCUT2D eigenvalue weighted by molar-refractivity contribution is 0.0352. The quantitative estimate of drug-likeness (QED) is 0.118. The first kappa shape index (κ1) is 33.3. The maximum atomic E-state index is 10.9. The third-order valence-electron chi connectivity index (χ3n) is 11.0. The van der Waals surface area contributed by atoms with E-state index in [-0.39, 0.29) is 17.1 Å². The monoisotopic (exact) mass is 617 g/mol. The molecule has 7 heteroatoms. The molecule has 2 aliphatic rings. The van der Waals surface area contributed by atoms with E-state index < -0.39 is 12.2 Å². The van der Waals surface area contributed by atoms with Gasteiger partial charge < -0.3 is 30.8 Å². The summed E-state index contributed by atoms with van der Waals surface area (Å²) < 4.78 is 6.28. The van der Waals surface area contributed by atoms with Crippen LogP contribution in [0.5, 0.6) is 11.5 Å². The molecule has 0 amide bonds. The molecule has 45 heavy (non-hydrogen) atoms. The zero-order valence-corrected chi connectivity index (χ0v) is 27.2. The Bertz CT molecular complexity index is 1310. The number of hydrogen-bond acceptors (Lipinski definition) is 6. The number of ether oxygens (including phenoxy) is 1. The third-order valence-corrected chi connectivity index (χ3v) is 11.0. The van der Waals surface area contributed by atoms with Crippen LogP contribution in [0.15, 0.2) is 54.9 Å². The van der Waals surface area contributed by atoms with Crippen LogP contribution in [-0.4, -0.2) is 44.1 Å². The van der Waals surface area contributed by atoms with Crippen molar-refractivity contribution in [3.63, 3.8) is 0 Å². The Morgan fingerprint density at radius 3 is 2.60 bits per heavy atom. The molecule has 0 radical (unpaired) electrons. The van der Waals surface area contributed by atoms with Crippen LogP contribution in [0.1, 0.15) is 120 Å². The zero-order chi connectivity index (χ0) is 31.6. The molecule has 246 valence electrons. The van der Waals surface area contributed by atoms with E-state index >= 15 is 0 Å². The van der Waals surface area contributed by atoms with Gasteiger partial charge in [0.05, 0.1) is 18.8 Å². The Balaban J connectivity index is 1.20. The fraction of sp³-hybridized carbons (Fsp3) is 0.605. The molecule has 2 heterocycles. The summed E-state index contributed by atoms with van der Waals surface area (Å²) in [5.74, 6) is 2.37. The highest BCUT2D eigenvalue weighted by molar-refractivity contribution is 5.42. The van der Waals surface area contributed by atoms with Gasteiger partial charge in [-0.15, -0.1) is 0 Å². The molecular formula is C38H55N3O4. The fourth-order valence-electron chi connectivity index (χ4n) is 8.31. The van der Waals surface area contributed by atoms with Crippen molar-refractivity contribution in [2.75, 3.05) is 12.3 Å². The number of aliphatic hydroxyl groups excluding tert-OH is 2. The maximum absolute atomic E-state index is 10.9. The predicted molar refractivity (Wildman–Crippen MR) is 180 cm³/mol. The van der Waals surface area contributed by atoms with E-state index in [1.807, 2.05) is 24.4 Å². The number of benzene rings is 1. The number of aromatic nitrogens is 2. The highest BCUT2D eigenvalue weighted by atomic mass is 16.5. The molecule has 1 aromatic carbocycles. The predicted octanol–water partition coefficient (Wildman–Crippen LogP) is 7.80. The van der Waals surface area contributed by atoms with Crippen molar-refractivity contribution in [2.24, 2.45) is 11.8 Å². The molecule has 5 rings (SSSR count). The van der Waals surface area contributed by atoms with E-state index in [4.69, 9.17) is 10.5 Å². The molecule has 2 aromatic heterocycles. The summed E-state index contributed by atoms with van der Waals surface area (Å²) in [6.45, 7) is 2.71. The molecule has 6 N–H and O–H groups in total. The van der Waals surface area contributed by atoms with Gasteiger partial charge in [0, 0.05) is 23.5 Å². The Morgan fingerprint density at radius 2 is 1.84 bits per heavy atom. The standard InChI is InChI=1S/C38H55N3O4/c1-2-27-8-6-9-29(14-11-27)34(44)26-31(42)15-12-28-13-16-33(43)35(24-28)45-23-18-32(30-17-22-41-37(39)25-30)38(19-4-3-5-20-38)36-10-7-21-40-36/h7,10,13,16-17,21-22,24-25,27,29,31-32,34,40,42-44H,2-6,8-9,11-12,14-15,18-20,23,26H2,1H3,(H2,39,41)/t27-,29+,31+,32+,34+/m0/s1. The highest BCUT2D eigenvalue weighted by Gasteiger charge is 2.42. The van der Waals surface area contributed by atoms with Crippen molar-refractivity contribution >= 4 is 5.82 Å². The minimum absolute atomic E-state index is 0.0437. The van der Waals surface area contributed by atoms with Crippen LogP contribution in [0.3, 0.4) is 0 Å². The van der Waals surface area contributed by atoms with Gasteiger partial charge in [-0.05, 0) is 117 Å². The highest BCUT2D eigenvalue weighted by Crippen LogP contribution is 2.50. The summed E-state index contributed by atoms with van der Waals surface area (Å²) in [4.78, 5) is 7.79. The van der Waals surface area contributed by atoms with E-state index in [1.54, 1.807) is 12.3 Å². The van der Waals surface area contributed by atoms with Crippen LogP contribution in [0.4, 0.5) is 5.82 Å². The van der Waals surface area contributed by atoms with Crippen molar-refractivity contribution < 1.29 is 20.1 Å². The van der Waals surface area contributed by atoms with Crippen molar-refractivity contribution in [2.45, 2.75) is 127 Å². The van der Waals surface area contributed by atoms with Crippen LogP contribution in [0.2, 0.25) is 0 Å². The number of pyridine rings is 1. The summed E-state index contributed by atoms with van der Waals surface area (Å²) in [5.41, 5.74) is 9.56. The van der Waals surface area contributed by atoms with Crippen molar-refractivity contribution in [1.29, 1.82) is 0 Å². The molecule has 0 unspecified atom stereocenters. The first-order chi connectivity index (χ1) is 21.9. The SMILES string of the molecule is CC[C@H]1CCC[C@@H]([C@H](O)C[C@H](O)CCc2ccc(O)c(OCC[C@H](c3ccnc(N)c3)C3(c4ccc[nH]4)CCCCC3)c2)CC1. The number of H-pyrrole nitrogens is 1. The molecule has 2 aliphatic carbocycles. The second kappa shape index (κ2) is 16.0. The average molecular weight is 618 g/mol. The molecule has 7 nitrogen and oxygen atoms in total. The zero-order valence-electron chi connectivity index (χ0n) is 27.2. The van der Waals surface area contributed by atoms with Gasteiger partial charge in [0.15, 0.2) is 11.5 Å². The molecule has 0 saturated heterocycles. The molecule has 0 aliphatic heterocycles. The van der Waals surface area contributed by atoms with E-state index in [1.165, 1.54) is 56.2 Å². The summed E-state index contributed by atoms with van der Waals surface area (Å²) in [6, 6.07) is 13.9. The normalized spacial score (nSPS) is 22.3. The number of aromatic amines is 1. The van der Waals surface area contributed by atoms with Crippen molar-refractivity contribution in [1.82, 2.24) is 9.97 Å². The van der Waals surface area contributed by atoms with Crippen molar-refractivity contribution in [3.8, 4) is 11.5 Å². The van der Waals surface area contributed by atoms with Crippen LogP contribution < -0.4 is 10.5 Å². The number of hydrogen-bond donors (Lipinski definition) is 5. The van der Waals surface area contributed by atoms with Gasteiger partial charge >= 0.3 is 0 Å². The molecule has 3 aromatic rings. The minimum atomic E-state index is -0.559. The number of nitrogens with two attached hydrogens (primary N) is 1. The van der Waals surface area contributed by atoms with Crippen LogP contribution >= 0.6 is 0 Å². The van der Waals surface area contributed by atoms with Gasteiger partial charge in [0.2, 0.25) is 0 Å². The summed E-state index contributed by atoms with van der Waals surface area (Å²) in [5, 5.41) is 32.4. The first-order valence-corrected chi connectivity index (χ1v) is 17.5. The molecular weight excluding hydrogens is 562 g/mol. The number of nitrogen functional groups attached to an aromatic ring is 1. The number of phenolic OH excluding ortho intramolecular Hbond substituents is 1. The number of rotatable bonds is 14. The second-order valence-corrected chi connectivity index (χ2v) is 13.8. The summed E-state index contributed by atoms with van der Waals surface area (Å²) >= 11 is 0. The topological polar surface area (TPSA) is 125 Å². The molecule has 2 saturated carbocycles. The Kier molecular flexibility index (Phi) is 11.8. The Morgan fingerprint density at radius 1 is 1.00 bits per heavy atom. The Hall–Kier alpha value is -3.03. The van der Waals surface area contributed by atoms with E-state index in [0.717, 1.165) is 43.6 Å². The summed E-state index contributed by atoms with van der Waals surface area (Å²) in [6.07, 6.45) is 18.0.